The predicted octanol–water partition coefficient (Wildman–Crippen LogP) is 2.94. The van der Waals surface area contributed by atoms with Crippen LogP contribution in [0.1, 0.15) is 6.92 Å². The average Bonchev–Trinajstić information content (AvgIpc) is 2.71. The van der Waals surface area contributed by atoms with Crippen molar-refractivity contribution in [2.75, 3.05) is 36.9 Å². The number of ether oxygens (including phenoxy) is 1. The summed E-state index contributed by atoms with van der Waals surface area (Å²) in [4.78, 5) is 12.6. The molecule has 1 saturated heterocycles. The van der Waals surface area contributed by atoms with E-state index in [2.05, 4.69) is 10.6 Å². The van der Waals surface area contributed by atoms with Crippen molar-refractivity contribution in [3.05, 3.63) is 53.3 Å². The molecule has 1 fully saturated rings. The summed E-state index contributed by atoms with van der Waals surface area (Å²) in [5, 5.41) is 5.56. The highest BCUT2D eigenvalue weighted by molar-refractivity contribution is 7.89. The van der Waals surface area contributed by atoms with E-state index >= 15 is 0 Å². The lowest BCUT2D eigenvalue weighted by molar-refractivity contribution is -0.116. The molecular formula is C19H21ClFN3O4S. The number of amides is 1. The van der Waals surface area contributed by atoms with Crippen molar-refractivity contribution in [3.8, 4) is 0 Å². The number of nitrogens with zero attached hydrogens (tertiary/aromatic N) is 1. The number of rotatable bonds is 6. The molecule has 1 aliphatic rings. The maximum Gasteiger partial charge on any atom is 0.246 e. The van der Waals surface area contributed by atoms with Crippen molar-refractivity contribution >= 4 is 38.9 Å². The minimum absolute atomic E-state index is 0.0522. The fourth-order valence-corrected chi connectivity index (χ4v) is 4.46. The highest BCUT2D eigenvalue weighted by Crippen LogP contribution is 2.22. The second-order valence-corrected chi connectivity index (χ2v) is 8.87. The van der Waals surface area contributed by atoms with Crippen LogP contribution in [0, 0.1) is 5.82 Å². The van der Waals surface area contributed by atoms with Crippen LogP contribution in [0.4, 0.5) is 15.8 Å². The van der Waals surface area contributed by atoms with Crippen molar-refractivity contribution in [2.24, 2.45) is 0 Å². The lowest BCUT2D eigenvalue weighted by atomic mass is 10.2. The Labute approximate surface area is 173 Å². The molecule has 2 N–H and O–H groups in total. The number of nitrogens with one attached hydrogen (secondary N) is 2. The number of sulfonamides is 1. The molecule has 0 aromatic heterocycles. The first-order valence-electron chi connectivity index (χ1n) is 8.98. The Hall–Kier alpha value is -2.20. The van der Waals surface area contributed by atoms with Crippen LogP contribution in [0.5, 0.6) is 0 Å². The van der Waals surface area contributed by atoms with Crippen LogP contribution in [0.15, 0.2) is 47.4 Å². The average molecular weight is 442 g/mol. The molecule has 3 rings (SSSR count). The molecule has 0 bridgehead atoms. The molecule has 2 aromatic rings. The van der Waals surface area contributed by atoms with Gasteiger partial charge in [0.25, 0.3) is 0 Å². The molecule has 156 valence electrons. The van der Waals surface area contributed by atoms with E-state index < -0.39 is 21.9 Å². The van der Waals surface area contributed by atoms with Crippen LogP contribution in [0.3, 0.4) is 0 Å². The van der Waals surface area contributed by atoms with E-state index in [0.29, 0.717) is 37.7 Å². The fraction of sp³-hybridized carbons (Fsp3) is 0.316. The van der Waals surface area contributed by atoms with Gasteiger partial charge in [-0.05, 0) is 43.3 Å². The first-order valence-corrected chi connectivity index (χ1v) is 10.8. The number of benzene rings is 2. The monoisotopic (exact) mass is 441 g/mol. The lowest BCUT2D eigenvalue weighted by Crippen LogP contribution is -2.40. The third-order valence-electron chi connectivity index (χ3n) is 4.41. The highest BCUT2D eigenvalue weighted by atomic mass is 35.5. The lowest BCUT2D eigenvalue weighted by Gasteiger charge is -2.26. The van der Waals surface area contributed by atoms with Crippen molar-refractivity contribution in [3.63, 3.8) is 0 Å². The van der Waals surface area contributed by atoms with Gasteiger partial charge in [-0.2, -0.15) is 4.31 Å². The Bertz CT molecular complexity index is 997. The van der Waals surface area contributed by atoms with E-state index in [1.807, 2.05) is 0 Å². The molecular weight excluding hydrogens is 421 g/mol. The van der Waals surface area contributed by atoms with Gasteiger partial charge in [-0.25, -0.2) is 12.8 Å². The van der Waals surface area contributed by atoms with Crippen LogP contribution < -0.4 is 10.6 Å². The van der Waals surface area contributed by atoms with Gasteiger partial charge >= 0.3 is 0 Å². The quantitative estimate of drug-likeness (QED) is 0.719. The highest BCUT2D eigenvalue weighted by Gasteiger charge is 2.26. The molecule has 1 aliphatic heterocycles. The van der Waals surface area contributed by atoms with Gasteiger partial charge in [-0.1, -0.05) is 17.7 Å². The summed E-state index contributed by atoms with van der Waals surface area (Å²) < 4.78 is 45.3. The summed E-state index contributed by atoms with van der Waals surface area (Å²) in [5.74, 6) is -0.931. The van der Waals surface area contributed by atoms with Crippen molar-refractivity contribution in [1.29, 1.82) is 0 Å². The Kier molecular flexibility index (Phi) is 6.74. The minimum atomic E-state index is -3.66. The SMILES string of the molecule is C[C@@H](Nc1ccc(F)c(Cl)c1)C(=O)Nc1cccc(S(=O)(=O)N2CCOCC2)c1. The summed E-state index contributed by atoms with van der Waals surface area (Å²) in [6.45, 7) is 2.92. The molecule has 0 radical (unpaired) electrons. The first-order chi connectivity index (χ1) is 13.8. The Balaban J connectivity index is 1.68. The first kappa shape index (κ1) is 21.5. The zero-order valence-electron chi connectivity index (χ0n) is 15.7. The zero-order valence-corrected chi connectivity index (χ0v) is 17.3. The molecule has 1 amide bonds. The van der Waals surface area contributed by atoms with Gasteiger partial charge in [-0.3, -0.25) is 4.79 Å². The van der Waals surface area contributed by atoms with E-state index in [0.717, 1.165) is 0 Å². The molecule has 7 nitrogen and oxygen atoms in total. The van der Waals surface area contributed by atoms with Gasteiger partial charge in [-0.15, -0.1) is 0 Å². The van der Waals surface area contributed by atoms with Crippen molar-refractivity contribution < 1.29 is 22.3 Å². The van der Waals surface area contributed by atoms with Crippen molar-refractivity contribution in [1.82, 2.24) is 4.31 Å². The molecule has 0 unspecified atom stereocenters. The van der Waals surface area contributed by atoms with E-state index in [1.165, 1.54) is 34.6 Å². The number of hydrogen-bond donors (Lipinski definition) is 2. The number of anilines is 2. The van der Waals surface area contributed by atoms with Gasteiger partial charge < -0.3 is 15.4 Å². The normalized spacial score (nSPS) is 16.2. The van der Waals surface area contributed by atoms with Crippen LogP contribution in [-0.2, 0) is 19.6 Å². The van der Waals surface area contributed by atoms with Crippen LogP contribution in [-0.4, -0.2) is 51.0 Å². The number of morpholine rings is 1. The smallest absolute Gasteiger partial charge is 0.246 e. The second-order valence-electron chi connectivity index (χ2n) is 6.53. The van der Waals surface area contributed by atoms with Gasteiger partial charge in [0.2, 0.25) is 15.9 Å². The Morgan fingerprint density at radius 3 is 2.59 bits per heavy atom. The molecule has 1 heterocycles. The van der Waals surface area contributed by atoms with E-state index in [1.54, 1.807) is 19.1 Å². The van der Waals surface area contributed by atoms with E-state index in [9.17, 15) is 17.6 Å². The standard InChI is InChI=1S/C19H21ClFN3O4S/c1-13(22-15-5-6-18(21)17(20)12-15)19(25)23-14-3-2-4-16(11-14)29(26,27)24-7-9-28-10-8-24/h2-6,11-13,22H,7-10H2,1H3,(H,23,25)/t13-/m1/s1. The minimum Gasteiger partial charge on any atom is -0.379 e. The molecule has 1 atom stereocenters. The van der Waals surface area contributed by atoms with Crippen molar-refractivity contribution in [2.45, 2.75) is 17.9 Å². The molecule has 0 spiro atoms. The number of carbonyl (C=O) groups is 1. The zero-order chi connectivity index (χ0) is 21.0. The third-order valence-corrected chi connectivity index (χ3v) is 6.59. The second kappa shape index (κ2) is 9.08. The fourth-order valence-electron chi connectivity index (χ4n) is 2.82. The summed E-state index contributed by atoms with van der Waals surface area (Å²) >= 11 is 5.75. The van der Waals surface area contributed by atoms with Gasteiger partial charge in [0.1, 0.15) is 11.9 Å². The van der Waals surface area contributed by atoms with Crippen LogP contribution in [0.2, 0.25) is 5.02 Å². The number of hydrogen-bond acceptors (Lipinski definition) is 5. The molecule has 10 heteroatoms. The Morgan fingerprint density at radius 2 is 1.90 bits per heavy atom. The summed E-state index contributed by atoms with van der Waals surface area (Å²) in [5.41, 5.74) is 0.845. The number of carbonyl (C=O) groups excluding carboxylic acids is 1. The molecule has 0 saturated carbocycles. The summed E-state index contributed by atoms with van der Waals surface area (Å²) in [6, 6.07) is 9.48. The largest absolute Gasteiger partial charge is 0.379 e. The van der Waals surface area contributed by atoms with Gasteiger partial charge in [0.05, 0.1) is 23.1 Å². The van der Waals surface area contributed by atoms with E-state index in [4.69, 9.17) is 16.3 Å². The molecule has 2 aromatic carbocycles. The van der Waals surface area contributed by atoms with Crippen LogP contribution in [0.25, 0.3) is 0 Å². The summed E-state index contributed by atoms with van der Waals surface area (Å²) in [7, 11) is -3.66. The maximum absolute atomic E-state index is 13.3. The van der Waals surface area contributed by atoms with Gasteiger partial charge in [0, 0.05) is 24.5 Å². The van der Waals surface area contributed by atoms with Crippen LogP contribution >= 0.6 is 11.6 Å². The van der Waals surface area contributed by atoms with E-state index in [-0.39, 0.29) is 15.8 Å². The maximum atomic E-state index is 13.3. The number of halogens is 2. The summed E-state index contributed by atoms with van der Waals surface area (Å²) in [6.07, 6.45) is 0. The molecule has 29 heavy (non-hydrogen) atoms. The van der Waals surface area contributed by atoms with Gasteiger partial charge in [0.15, 0.2) is 0 Å². The predicted molar refractivity (Wildman–Crippen MR) is 109 cm³/mol. The topological polar surface area (TPSA) is 87.7 Å². The Morgan fingerprint density at radius 1 is 1.17 bits per heavy atom. The third kappa shape index (κ3) is 5.24. The molecule has 0 aliphatic carbocycles.